The van der Waals surface area contributed by atoms with Crippen molar-refractivity contribution in [1.29, 1.82) is 0 Å². The molecule has 1 fully saturated rings. The summed E-state index contributed by atoms with van der Waals surface area (Å²) in [7, 11) is 6.23. The lowest BCUT2D eigenvalue weighted by atomic mass is 10.3. The number of thioether (sulfide) groups is 1. The molecule has 1 saturated heterocycles. The summed E-state index contributed by atoms with van der Waals surface area (Å²) in [6.45, 7) is 5.35. The third-order valence-corrected chi connectivity index (χ3v) is 3.63. The van der Waals surface area contributed by atoms with Crippen molar-refractivity contribution in [2.24, 2.45) is 0 Å². The van der Waals surface area contributed by atoms with E-state index in [9.17, 15) is 4.79 Å². The van der Waals surface area contributed by atoms with Crippen LogP contribution in [0.3, 0.4) is 0 Å². The van der Waals surface area contributed by atoms with Crippen LogP contribution >= 0.6 is 11.8 Å². The molecule has 1 rings (SSSR count). The molecule has 0 aromatic heterocycles. The highest BCUT2D eigenvalue weighted by atomic mass is 32.2. The largest absolute Gasteiger partial charge is 0.636 e. The predicted molar refractivity (Wildman–Crippen MR) is 67.5 cm³/mol. The van der Waals surface area contributed by atoms with Crippen LogP contribution in [0.25, 0.3) is 5.32 Å². The molecular formula is C11H22N2O2S. The van der Waals surface area contributed by atoms with Gasteiger partial charge in [-0.2, -0.15) is 11.8 Å². The number of likely N-dealkylation sites (N-methyl/N-ethyl adjacent to an activating group) is 1. The van der Waals surface area contributed by atoms with Gasteiger partial charge in [0.05, 0.1) is 21.1 Å². The van der Waals surface area contributed by atoms with E-state index < -0.39 is 0 Å². The predicted octanol–water partition coefficient (Wildman–Crippen LogP) is 1.46. The highest BCUT2D eigenvalue weighted by molar-refractivity contribution is 8.01. The normalized spacial score (nSPS) is 24.4. The van der Waals surface area contributed by atoms with Gasteiger partial charge in [-0.25, -0.2) is 0 Å². The molecule has 0 amide bonds. The molecule has 4 nitrogen and oxygen atoms in total. The molecule has 0 saturated carbocycles. The minimum atomic E-state index is -0.271. The first-order valence-electron chi connectivity index (χ1n) is 5.53. The van der Waals surface area contributed by atoms with E-state index in [0.29, 0.717) is 6.61 Å². The molecule has 1 aliphatic rings. The van der Waals surface area contributed by atoms with Crippen LogP contribution in [0.1, 0.15) is 13.8 Å². The smallest absolute Gasteiger partial charge is 0.289 e. The Hall–Kier alpha value is -0.260. The summed E-state index contributed by atoms with van der Waals surface area (Å²) in [5.74, 6) is 0.572. The van der Waals surface area contributed by atoms with Crippen molar-refractivity contribution in [1.82, 2.24) is 0 Å². The SMILES string of the molecule is CC1(C)[N-][C@@H](C(=O)OCC[N+](C)(C)C)CS1. The van der Waals surface area contributed by atoms with E-state index in [1.165, 1.54) is 0 Å². The molecule has 5 heteroatoms. The summed E-state index contributed by atoms with van der Waals surface area (Å²) < 4.78 is 6.03. The van der Waals surface area contributed by atoms with E-state index in [-0.39, 0.29) is 16.9 Å². The fourth-order valence-electron chi connectivity index (χ4n) is 1.37. The standard InChI is InChI=1S/C11H22N2O2S/c1-11(2)12-9(8-16-11)10(14)15-7-6-13(3,4)5/h9H,6-8H2,1-5H3/t9-/m1/s1. The van der Waals surface area contributed by atoms with Gasteiger partial charge in [0.15, 0.2) is 0 Å². The Morgan fingerprint density at radius 2 is 2.12 bits per heavy atom. The third-order valence-electron chi connectivity index (χ3n) is 2.34. The second kappa shape index (κ2) is 4.94. The Balaban J connectivity index is 2.27. The van der Waals surface area contributed by atoms with Crippen LogP contribution in [0.5, 0.6) is 0 Å². The van der Waals surface area contributed by atoms with E-state index in [1.54, 1.807) is 11.8 Å². The number of nitrogens with zero attached hydrogens (tertiary/aromatic N) is 2. The van der Waals surface area contributed by atoms with E-state index in [2.05, 4.69) is 26.5 Å². The number of esters is 1. The fraction of sp³-hybridized carbons (Fsp3) is 0.909. The van der Waals surface area contributed by atoms with Crippen LogP contribution in [0.15, 0.2) is 0 Å². The summed E-state index contributed by atoms with van der Waals surface area (Å²) >= 11 is 1.70. The lowest BCUT2D eigenvalue weighted by Crippen LogP contribution is -2.38. The van der Waals surface area contributed by atoms with Crippen LogP contribution in [0.4, 0.5) is 0 Å². The molecule has 0 radical (unpaired) electrons. The molecule has 1 heterocycles. The summed E-state index contributed by atoms with van der Waals surface area (Å²) in [6.07, 6.45) is 0. The van der Waals surface area contributed by atoms with Gasteiger partial charge in [-0.05, 0) is 11.8 Å². The average molecular weight is 246 g/mol. The highest BCUT2D eigenvalue weighted by Crippen LogP contribution is 2.40. The second-order valence-corrected chi connectivity index (χ2v) is 7.21. The van der Waals surface area contributed by atoms with Crippen molar-refractivity contribution in [3.63, 3.8) is 0 Å². The van der Waals surface area contributed by atoms with Gasteiger partial charge in [-0.15, -0.1) is 0 Å². The van der Waals surface area contributed by atoms with Crippen molar-refractivity contribution < 1.29 is 14.0 Å². The first-order chi connectivity index (χ1) is 7.20. The van der Waals surface area contributed by atoms with Crippen LogP contribution in [0.2, 0.25) is 0 Å². The topological polar surface area (TPSA) is 40.4 Å². The molecule has 1 aliphatic heterocycles. The number of hydrogen-bond donors (Lipinski definition) is 0. The maximum absolute atomic E-state index is 11.7. The molecule has 16 heavy (non-hydrogen) atoms. The van der Waals surface area contributed by atoms with Gasteiger partial charge in [0.2, 0.25) is 0 Å². The molecule has 94 valence electrons. The maximum Gasteiger partial charge on any atom is 0.289 e. The van der Waals surface area contributed by atoms with Gasteiger partial charge in [-0.3, -0.25) is 4.79 Å². The first kappa shape index (κ1) is 13.8. The van der Waals surface area contributed by atoms with Gasteiger partial charge >= 0.3 is 0 Å². The zero-order valence-corrected chi connectivity index (χ0v) is 11.6. The quantitative estimate of drug-likeness (QED) is 0.557. The summed E-state index contributed by atoms with van der Waals surface area (Å²) in [6, 6.07) is -0.271. The highest BCUT2D eigenvalue weighted by Gasteiger charge is 2.24. The number of hydrogen-bond acceptors (Lipinski definition) is 3. The van der Waals surface area contributed by atoms with Gasteiger partial charge in [-0.1, -0.05) is 18.7 Å². The number of carbonyl (C=O) groups is 1. The molecule has 0 aromatic carbocycles. The lowest BCUT2D eigenvalue weighted by molar-refractivity contribution is -0.870. The van der Waals surface area contributed by atoms with Crippen molar-refractivity contribution >= 4 is 17.7 Å². The van der Waals surface area contributed by atoms with E-state index in [4.69, 9.17) is 4.74 Å². The average Bonchev–Trinajstić information content (AvgIpc) is 2.43. The fourth-order valence-corrected chi connectivity index (χ4v) is 2.35. The first-order valence-corrected chi connectivity index (χ1v) is 6.51. The van der Waals surface area contributed by atoms with E-state index in [0.717, 1.165) is 16.8 Å². The zero-order chi connectivity index (χ0) is 12.4. The number of ether oxygens (including phenoxy) is 1. The molecular weight excluding hydrogens is 224 g/mol. The Bertz CT molecular complexity index is 261. The monoisotopic (exact) mass is 246 g/mol. The van der Waals surface area contributed by atoms with Crippen LogP contribution in [-0.2, 0) is 9.53 Å². The number of rotatable bonds is 4. The van der Waals surface area contributed by atoms with Crippen molar-refractivity contribution in [3.05, 3.63) is 5.32 Å². The molecule has 0 aliphatic carbocycles. The number of carbonyl (C=O) groups excluding carboxylic acids is 1. The van der Waals surface area contributed by atoms with Crippen molar-refractivity contribution in [2.45, 2.75) is 24.8 Å². The molecule has 0 N–H and O–H groups in total. The molecule has 0 spiro atoms. The molecule has 1 atom stereocenters. The lowest BCUT2D eigenvalue weighted by Gasteiger charge is -2.34. The van der Waals surface area contributed by atoms with Crippen molar-refractivity contribution in [2.75, 3.05) is 40.0 Å². The summed E-state index contributed by atoms with van der Waals surface area (Å²) in [5, 5.41) is 4.42. The second-order valence-electron chi connectivity index (χ2n) is 5.58. The maximum atomic E-state index is 11.7. The summed E-state index contributed by atoms with van der Waals surface area (Å²) in [5.41, 5.74) is 0. The summed E-state index contributed by atoms with van der Waals surface area (Å²) in [4.78, 5) is 11.5. The Labute approximate surface area is 102 Å². The molecule has 0 unspecified atom stereocenters. The van der Waals surface area contributed by atoms with Crippen LogP contribution < -0.4 is 0 Å². The van der Waals surface area contributed by atoms with Gasteiger partial charge in [0.25, 0.3) is 5.97 Å². The van der Waals surface area contributed by atoms with Gasteiger partial charge in [0.1, 0.15) is 13.2 Å². The number of quaternary nitrogens is 1. The van der Waals surface area contributed by atoms with E-state index >= 15 is 0 Å². The Morgan fingerprint density at radius 1 is 1.50 bits per heavy atom. The molecule has 0 aromatic rings. The Morgan fingerprint density at radius 3 is 2.56 bits per heavy atom. The van der Waals surface area contributed by atoms with Crippen LogP contribution in [-0.4, -0.2) is 61.4 Å². The molecule has 0 bridgehead atoms. The minimum Gasteiger partial charge on any atom is -0.636 e. The van der Waals surface area contributed by atoms with Crippen molar-refractivity contribution in [3.8, 4) is 0 Å². The van der Waals surface area contributed by atoms with Gasteiger partial charge in [0, 0.05) is 0 Å². The minimum absolute atomic E-state index is 0.135. The Kier molecular flexibility index (Phi) is 4.26. The van der Waals surface area contributed by atoms with E-state index in [1.807, 2.05) is 13.8 Å². The zero-order valence-electron chi connectivity index (χ0n) is 10.8. The third kappa shape index (κ3) is 4.72. The van der Waals surface area contributed by atoms with Crippen LogP contribution in [0, 0.1) is 0 Å². The van der Waals surface area contributed by atoms with Gasteiger partial charge < -0.3 is 14.5 Å².